The number of nitrogens with zero attached hydrogens (tertiary/aromatic N) is 2. The van der Waals surface area contributed by atoms with Gasteiger partial charge in [-0.05, 0) is 24.3 Å². The predicted octanol–water partition coefficient (Wildman–Crippen LogP) is 4.71. The van der Waals surface area contributed by atoms with Gasteiger partial charge in [0.1, 0.15) is 12.8 Å². The van der Waals surface area contributed by atoms with Crippen LogP contribution in [-0.4, -0.2) is 20.3 Å². The summed E-state index contributed by atoms with van der Waals surface area (Å²) >= 11 is 0. The zero-order valence-corrected chi connectivity index (χ0v) is 15.9. The number of pyridine rings is 1. The molecule has 0 atom stereocenters. The maximum Gasteiger partial charge on any atom is 0.513 e. The van der Waals surface area contributed by atoms with Crippen molar-refractivity contribution >= 4 is 39.2 Å². The first-order chi connectivity index (χ1) is 13.6. The van der Waals surface area contributed by atoms with E-state index in [0.29, 0.717) is 5.75 Å². The molecule has 3 aromatic carbocycles. The molecule has 0 N–H and O–H groups in total. The molecule has 0 unspecified atom stereocenters. The van der Waals surface area contributed by atoms with Crippen molar-refractivity contribution in [3.05, 3.63) is 60.7 Å². The van der Waals surface area contributed by atoms with Crippen LogP contribution in [0.1, 0.15) is 0 Å². The highest BCUT2D eigenvalue weighted by Crippen LogP contribution is 2.48. The van der Waals surface area contributed by atoms with E-state index in [0.717, 1.165) is 38.7 Å². The molecular formula is C23H19N2O3+. The third-order valence-electron chi connectivity index (χ3n) is 5.47. The summed E-state index contributed by atoms with van der Waals surface area (Å²) in [4.78, 5) is 13.9. The Bertz CT molecular complexity index is 1280. The highest BCUT2D eigenvalue weighted by atomic mass is 16.7. The molecule has 0 aliphatic carbocycles. The Kier molecular flexibility index (Phi) is 3.52. The number of carbonyl (C=O) groups excluding carboxylic acids is 1. The highest BCUT2D eigenvalue weighted by molar-refractivity contribution is 6.17. The standard InChI is InChI=1S/C23H19N2O3/c1-24-19-11-7-5-9-16(19)22-21-17(15-8-4-6-10-18(15)25(22)2)12-14(13-20(21)24)28-23(26)27-3/h4-13H,1-3H3/q+1. The van der Waals surface area contributed by atoms with Gasteiger partial charge in [0, 0.05) is 24.6 Å². The maximum atomic E-state index is 11.7. The Labute approximate surface area is 162 Å². The summed E-state index contributed by atoms with van der Waals surface area (Å²) in [5, 5.41) is 3.29. The van der Waals surface area contributed by atoms with E-state index in [9.17, 15) is 4.79 Å². The molecule has 5 nitrogen and oxygen atoms in total. The van der Waals surface area contributed by atoms with E-state index in [1.807, 2.05) is 37.4 Å². The lowest BCUT2D eigenvalue weighted by Crippen LogP contribution is -2.34. The molecule has 4 aromatic rings. The number of hydrogen-bond donors (Lipinski definition) is 0. The number of para-hydroxylation sites is 2. The second-order valence-corrected chi connectivity index (χ2v) is 6.92. The van der Waals surface area contributed by atoms with Crippen molar-refractivity contribution in [2.45, 2.75) is 0 Å². The molecule has 5 rings (SSSR count). The molecule has 5 heteroatoms. The van der Waals surface area contributed by atoms with Crippen molar-refractivity contribution in [1.29, 1.82) is 0 Å². The van der Waals surface area contributed by atoms with Gasteiger partial charge in [-0.25, -0.2) is 4.79 Å². The highest BCUT2D eigenvalue weighted by Gasteiger charge is 2.31. The normalized spacial score (nSPS) is 12.2. The van der Waals surface area contributed by atoms with Crippen LogP contribution in [0.4, 0.5) is 16.2 Å². The Morgan fingerprint density at radius 3 is 2.54 bits per heavy atom. The van der Waals surface area contributed by atoms with Gasteiger partial charge in [-0.15, -0.1) is 0 Å². The van der Waals surface area contributed by atoms with Crippen molar-refractivity contribution in [3.63, 3.8) is 0 Å². The molecule has 0 saturated heterocycles. The van der Waals surface area contributed by atoms with Crippen LogP contribution in [-0.2, 0) is 11.8 Å². The van der Waals surface area contributed by atoms with E-state index >= 15 is 0 Å². The summed E-state index contributed by atoms with van der Waals surface area (Å²) in [5.74, 6) is 0.463. The van der Waals surface area contributed by atoms with Gasteiger partial charge in [0.15, 0.2) is 0 Å². The molecule has 0 amide bonds. The Balaban J connectivity index is 1.97. The number of aryl methyl sites for hydroxylation is 1. The average Bonchev–Trinajstić information content (AvgIpc) is 2.73. The minimum atomic E-state index is -0.726. The van der Waals surface area contributed by atoms with Crippen LogP contribution in [0.3, 0.4) is 0 Å². The van der Waals surface area contributed by atoms with Crippen molar-refractivity contribution < 1.29 is 18.8 Å². The van der Waals surface area contributed by atoms with Gasteiger partial charge < -0.3 is 14.4 Å². The van der Waals surface area contributed by atoms with E-state index in [4.69, 9.17) is 4.74 Å². The fourth-order valence-corrected chi connectivity index (χ4v) is 4.22. The topological polar surface area (TPSA) is 42.7 Å². The molecule has 1 aliphatic rings. The van der Waals surface area contributed by atoms with Crippen molar-refractivity contribution in [3.8, 4) is 17.0 Å². The van der Waals surface area contributed by atoms with E-state index in [2.05, 4.69) is 51.6 Å². The van der Waals surface area contributed by atoms with Gasteiger partial charge in [0.25, 0.3) is 0 Å². The lowest BCUT2D eigenvalue weighted by Gasteiger charge is -2.29. The van der Waals surface area contributed by atoms with Gasteiger partial charge in [0.2, 0.25) is 11.2 Å². The molecule has 138 valence electrons. The summed E-state index contributed by atoms with van der Waals surface area (Å²) in [6.07, 6.45) is -0.726. The zero-order chi connectivity index (χ0) is 19.4. The summed E-state index contributed by atoms with van der Waals surface area (Å²) in [6.45, 7) is 0. The van der Waals surface area contributed by atoms with Crippen LogP contribution in [0, 0.1) is 0 Å². The maximum absolute atomic E-state index is 11.7. The minimum absolute atomic E-state index is 0.463. The third kappa shape index (κ3) is 2.19. The van der Waals surface area contributed by atoms with Crippen LogP contribution in [0.2, 0.25) is 0 Å². The molecule has 0 spiro atoms. The Hall–Kier alpha value is -3.60. The molecular weight excluding hydrogens is 352 g/mol. The fraction of sp³-hybridized carbons (Fsp3) is 0.130. The van der Waals surface area contributed by atoms with Gasteiger partial charge in [0.05, 0.1) is 34.8 Å². The lowest BCUT2D eigenvalue weighted by molar-refractivity contribution is -0.632. The van der Waals surface area contributed by atoms with Crippen LogP contribution in [0.25, 0.3) is 32.9 Å². The zero-order valence-electron chi connectivity index (χ0n) is 15.9. The number of ether oxygens (including phenoxy) is 2. The Morgan fingerprint density at radius 2 is 1.71 bits per heavy atom. The number of anilines is 2. The van der Waals surface area contributed by atoms with Crippen molar-refractivity contribution in [1.82, 2.24) is 0 Å². The number of hydrogen-bond acceptors (Lipinski definition) is 4. The first kappa shape index (κ1) is 16.6. The van der Waals surface area contributed by atoms with Crippen LogP contribution in [0.15, 0.2) is 60.7 Å². The molecule has 0 radical (unpaired) electrons. The molecule has 28 heavy (non-hydrogen) atoms. The molecule has 0 bridgehead atoms. The number of carbonyl (C=O) groups is 1. The van der Waals surface area contributed by atoms with Gasteiger partial charge in [-0.3, -0.25) is 0 Å². The predicted molar refractivity (Wildman–Crippen MR) is 109 cm³/mol. The number of aromatic nitrogens is 1. The van der Waals surface area contributed by atoms with Crippen LogP contribution >= 0.6 is 0 Å². The van der Waals surface area contributed by atoms with Gasteiger partial charge in [-0.1, -0.05) is 24.3 Å². The van der Waals surface area contributed by atoms with E-state index < -0.39 is 6.16 Å². The number of rotatable bonds is 1. The quantitative estimate of drug-likeness (QED) is 0.210. The first-order valence-electron chi connectivity index (χ1n) is 9.07. The average molecular weight is 371 g/mol. The molecule has 0 saturated carbocycles. The van der Waals surface area contributed by atoms with Gasteiger partial charge >= 0.3 is 6.16 Å². The second-order valence-electron chi connectivity index (χ2n) is 6.92. The smallest absolute Gasteiger partial charge is 0.437 e. The van der Waals surface area contributed by atoms with Crippen LogP contribution in [0.5, 0.6) is 5.75 Å². The summed E-state index contributed by atoms with van der Waals surface area (Å²) < 4.78 is 12.3. The SMILES string of the molecule is COC(=O)Oc1cc2c3c([n+](C)c4ccccc4c3c1)-c1ccccc1N2C. The minimum Gasteiger partial charge on any atom is -0.437 e. The van der Waals surface area contributed by atoms with Crippen molar-refractivity contribution in [2.24, 2.45) is 7.05 Å². The molecule has 1 aromatic heterocycles. The van der Waals surface area contributed by atoms with Gasteiger partial charge in [-0.2, -0.15) is 4.57 Å². The largest absolute Gasteiger partial charge is 0.513 e. The number of methoxy groups -OCH3 is 1. The first-order valence-corrected chi connectivity index (χ1v) is 9.07. The lowest BCUT2D eigenvalue weighted by atomic mass is 9.93. The molecule has 0 fully saturated rings. The Morgan fingerprint density at radius 1 is 0.964 bits per heavy atom. The number of fused-ring (bicyclic) bond motifs is 4. The fourth-order valence-electron chi connectivity index (χ4n) is 4.22. The molecule has 2 heterocycles. The summed E-state index contributed by atoms with van der Waals surface area (Å²) in [7, 11) is 5.44. The third-order valence-corrected chi connectivity index (χ3v) is 5.47. The summed E-state index contributed by atoms with van der Waals surface area (Å²) in [5.41, 5.74) is 5.55. The van der Waals surface area contributed by atoms with E-state index in [1.165, 1.54) is 12.7 Å². The monoisotopic (exact) mass is 371 g/mol. The van der Waals surface area contributed by atoms with E-state index in [-0.39, 0.29) is 0 Å². The summed E-state index contributed by atoms with van der Waals surface area (Å²) in [6, 6.07) is 20.4. The van der Waals surface area contributed by atoms with E-state index in [1.54, 1.807) is 0 Å². The van der Waals surface area contributed by atoms with Crippen LogP contribution < -0.4 is 14.2 Å². The second kappa shape index (κ2) is 5.96. The van der Waals surface area contributed by atoms with Crippen molar-refractivity contribution in [2.75, 3.05) is 19.1 Å². The molecule has 1 aliphatic heterocycles. The number of benzene rings is 3.